The van der Waals surface area contributed by atoms with Gasteiger partial charge in [-0.1, -0.05) is 0 Å². The van der Waals surface area contributed by atoms with Crippen molar-refractivity contribution in [3.05, 3.63) is 11.9 Å². The molecule has 7 heteroatoms. The van der Waals surface area contributed by atoms with Crippen molar-refractivity contribution >= 4 is 17.7 Å². The number of anilines is 1. The Morgan fingerprint density at radius 3 is 2.30 bits per heavy atom. The van der Waals surface area contributed by atoms with Crippen molar-refractivity contribution in [2.24, 2.45) is 24.8 Å². The van der Waals surface area contributed by atoms with E-state index in [9.17, 15) is 14.7 Å². The molecule has 1 aromatic heterocycles. The first kappa shape index (κ1) is 14.5. The minimum absolute atomic E-state index is 0.00865. The SMILES string of the molecule is Cn1ncc(NC(=O)NC23CC4CC(CC(C4)C2)C3)c1C(=O)O. The fourth-order valence-electron chi connectivity index (χ4n) is 5.44. The van der Waals surface area contributed by atoms with E-state index in [1.54, 1.807) is 7.05 Å². The number of aromatic nitrogens is 2. The molecule has 0 atom stereocenters. The molecule has 3 N–H and O–H groups in total. The highest BCUT2D eigenvalue weighted by molar-refractivity contribution is 5.98. The molecule has 0 aromatic carbocycles. The molecule has 0 radical (unpaired) electrons. The number of carboxylic acid groups (broad SMARTS) is 1. The number of urea groups is 1. The molecule has 4 fully saturated rings. The summed E-state index contributed by atoms with van der Waals surface area (Å²) in [5.41, 5.74) is 0.137. The van der Waals surface area contributed by atoms with Crippen LogP contribution in [0.25, 0.3) is 0 Å². The van der Waals surface area contributed by atoms with Crippen molar-refractivity contribution in [1.29, 1.82) is 0 Å². The average molecular weight is 318 g/mol. The van der Waals surface area contributed by atoms with Crippen molar-refractivity contribution < 1.29 is 14.7 Å². The summed E-state index contributed by atoms with van der Waals surface area (Å²) in [6.07, 6.45) is 8.50. The summed E-state index contributed by atoms with van der Waals surface area (Å²) in [6, 6.07) is -0.317. The summed E-state index contributed by atoms with van der Waals surface area (Å²) >= 11 is 0. The first-order chi connectivity index (χ1) is 10.9. The molecule has 0 spiro atoms. The third-order valence-electron chi connectivity index (χ3n) is 5.81. The highest BCUT2D eigenvalue weighted by Gasteiger charge is 2.51. The Balaban J connectivity index is 1.48. The minimum Gasteiger partial charge on any atom is -0.476 e. The fourth-order valence-corrected chi connectivity index (χ4v) is 5.44. The van der Waals surface area contributed by atoms with Crippen LogP contribution in [0.3, 0.4) is 0 Å². The van der Waals surface area contributed by atoms with E-state index >= 15 is 0 Å². The van der Waals surface area contributed by atoms with Crippen LogP contribution in [0.4, 0.5) is 10.5 Å². The third kappa shape index (κ3) is 2.48. The van der Waals surface area contributed by atoms with Crippen molar-refractivity contribution in [2.45, 2.75) is 44.1 Å². The molecule has 2 amide bonds. The molecular formula is C16H22N4O3. The van der Waals surface area contributed by atoms with Crippen LogP contribution in [0, 0.1) is 17.8 Å². The smallest absolute Gasteiger partial charge is 0.356 e. The summed E-state index contributed by atoms with van der Waals surface area (Å²) in [4.78, 5) is 23.7. The number of carboxylic acids is 1. The third-order valence-corrected chi connectivity index (χ3v) is 5.81. The van der Waals surface area contributed by atoms with Gasteiger partial charge in [-0.15, -0.1) is 0 Å². The molecule has 4 aliphatic rings. The van der Waals surface area contributed by atoms with Crippen molar-refractivity contribution in [1.82, 2.24) is 15.1 Å². The molecule has 1 aromatic rings. The molecule has 4 aliphatic carbocycles. The van der Waals surface area contributed by atoms with Gasteiger partial charge in [0.05, 0.1) is 11.9 Å². The summed E-state index contributed by atoms with van der Waals surface area (Å²) in [5.74, 6) is 1.13. The largest absolute Gasteiger partial charge is 0.476 e. The van der Waals surface area contributed by atoms with Crippen LogP contribution in [-0.2, 0) is 7.05 Å². The van der Waals surface area contributed by atoms with Gasteiger partial charge in [-0.05, 0) is 56.3 Å². The maximum atomic E-state index is 12.4. The molecule has 0 saturated heterocycles. The monoisotopic (exact) mass is 318 g/mol. The number of carbonyl (C=O) groups is 2. The predicted octanol–water partition coefficient (Wildman–Crippen LogP) is 2.21. The van der Waals surface area contributed by atoms with Gasteiger partial charge in [0.2, 0.25) is 0 Å². The van der Waals surface area contributed by atoms with E-state index in [1.165, 1.54) is 30.1 Å². The Labute approximate surface area is 134 Å². The van der Waals surface area contributed by atoms with Crippen molar-refractivity contribution in [3.8, 4) is 0 Å². The van der Waals surface area contributed by atoms with Gasteiger partial charge in [-0.3, -0.25) is 4.68 Å². The zero-order chi connectivity index (χ0) is 16.2. The molecule has 0 unspecified atom stereocenters. The quantitative estimate of drug-likeness (QED) is 0.796. The molecule has 23 heavy (non-hydrogen) atoms. The zero-order valence-electron chi connectivity index (χ0n) is 13.2. The van der Waals surface area contributed by atoms with Gasteiger partial charge in [-0.2, -0.15) is 5.10 Å². The van der Waals surface area contributed by atoms with E-state index in [4.69, 9.17) is 0 Å². The maximum absolute atomic E-state index is 12.4. The van der Waals surface area contributed by atoms with Gasteiger partial charge >= 0.3 is 12.0 Å². The van der Waals surface area contributed by atoms with E-state index in [1.807, 2.05) is 0 Å². The topological polar surface area (TPSA) is 96.3 Å². The second-order valence-electron chi connectivity index (χ2n) is 7.61. The molecule has 4 saturated carbocycles. The predicted molar refractivity (Wildman–Crippen MR) is 83.2 cm³/mol. The summed E-state index contributed by atoms with van der Waals surface area (Å²) in [5, 5.41) is 19.0. The number of nitrogens with one attached hydrogen (secondary N) is 2. The minimum atomic E-state index is -1.10. The lowest BCUT2D eigenvalue weighted by molar-refractivity contribution is -0.0127. The number of rotatable bonds is 3. The van der Waals surface area contributed by atoms with Crippen LogP contribution in [0.2, 0.25) is 0 Å². The van der Waals surface area contributed by atoms with Crippen molar-refractivity contribution in [3.63, 3.8) is 0 Å². The number of aryl methyl sites for hydroxylation is 1. The second kappa shape index (κ2) is 4.97. The summed E-state index contributed by atoms with van der Waals surface area (Å²) in [6.45, 7) is 0. The molecular weight excluding hydrogens is 296 g/mol. The Bertz CT molecular complexity index is 631. The maximum Gasteiger partial charge on any atom is 0.356 e. The number of nitrogens with zero attached hydrogens (tertiary/aromatic N) is 2. The molecule has 0 aliphatic heterocycles. The number of aromatic carboxylic acids is 1. The van der Waals surface area contributed by atoms with E-state index in [0.717, 1.165) is 37.0 Å². The molecule has 124 valence electrons. The van der Waals surface area contributed by atoms with Crippen LogP contribution >= 0.6 is 0 Å². The first-order valence-electron chi connectivity index (χ1n) is 8.28. The van der Waals surface area contributed by atoms with Crippen LogP contribution < -0.4 is 10.6 Å². The molecule has 4 bridgehead atoms. The Morgan fingerprint density at radius 1 is 1.22 bits per heavy atom. The van der Waals surface area contributed by atoms with Gasteiger partial charge in [0.25, 0.3) is 0 Å². The normalized spacial score (nSPS) is 34.4. The number of hydrogen-bond acceptors (Lipinski definition) is 3. The van der Waals surface area contributed by atoms with Gasteiger partial charge in [0.15, 0.2) is 5.69 Å². The van der Waals surface area contributed by atoms with Crippen LogP contribution in [0.5, 0.6) is 0 Å². The highest BCUT2D eigenvalue weighted by Crippen LogP contribution is 2.55. The Kier molecular flexibility index (Phi) is 3.14. The summed E-state index contributed by atoms with van der Waals surface area (Å²) < 4.78 is 1.25. The van der Waals surface area contributed by atoms with E-state index in [-0.39, 0.29) is 23.0 Å². The average Bonchev–Trinajstić information content (AvgIpc) is 2.77. The lowest BCUT2D eigenvalue weighted by Crippen LogP contribution is -2.60. The van der Waals surface area contributed by atoms with E-state index in [2.05, 4.69) is 15.7 Å². The van der Waals surface area contributed by atoms with Gasteiger partial charge < -0.3 is 15.7 Å². The lowest BCUT2D eigenvalue weighted by atomic mass is 9.53. The Morgan fingerprint density at radius 2 is 1.78 bits per heavy atom. The molecule has 7 nitrogen and oxygen atoms in total. The van der Waals surface area contributed by atoms with Crippen LogP contribution in [0.15, 0.2) is 6.20 Å². The highest BCUT2D eigenvalue weighted by atomic mass is 16.4. The van der Waals surface area contributed by atoms with Gasteiger partial charge in [0, 0.05) is 12.6 Å². The fraction of sp³-hybridized carbons (Fsp3) is 0.688. The summed E-state index contributed by atoms with van der Waals surface area (Å²) in [7, 11) is 1.55. The number of carbonyl (C=O) groups excluding carboxylic acids is 1. The number of amides is 2. The Hall–Kier alpha value is -2.05. The lowest BCUT2D eigenvalue weighted by Gasteiger charge is -2.56. The standard InChI is InChI=1S/C16H22N4O3/c1-20-13(14(21)22)12(8-17-20)18-15(23)19-16-5-9-2-10(6-16)4-11(3-9)7-16/h8-11H,2-7H2,1H3,(H,21,22)(H2,18,19,23). The number of hydrogen-bond donors (Lipinski definition) is 3. The van der Waals surface area contributed by atoms with Gasteiger partial charge in [-0.25, -0.2) is 9.59 Å². The van der Waals surface area contributed by atoms with Gasteiger partial charge in [0.1, 0.15) is 0 Å². The van der Waals surface area contributed by atoms with E-state index < -0.39 is 5.97 Å². The first-order valence-corrected chi connectivity index (χ1v) is 8.28. The van der Waals surface area contributed by atoms with Crippen LogP contribution in [-0.4, -0.2) is 32.4 Å². The van der Waals surface area contributed by atoms with Crippen molar-refractivity contribution in [2.75, 3.05) is 5.32 Å². The van der Waals surface area contributed by atoms with E-state index in [0.29, 0.717) is 0 Å². The van der Waals surface area contributed by atoms with Crippen LogP contribution in [0.1, 0.15) is 49.0 Å². The zero-order valence-corrected chi connectivity index (χ0v) is 13.2. The molecule has 5 rings (SSSR count). The second-order valence-corrected chi connectivity index (χ2v) is 7.61. The molecule has 1 heterocycles.